The van der Waals surface area contributed by atoms with Crippen LogP contribution in [0, 0.1) is 6.92 Å². The summed E-state index contributed by atoms with van der Waals surface area (Å²) in [5, 5.41) is 5.62. The lowest BCUT2D eigenvalue weighted by Gasteiger charge is -2.31. The van der Waals surface area contributed by atoms with E-state index in [1.54, 1.807) is 25.6 Å². The molecule has 0 saturated carbocycles. The summed E-state index contributed by atoms with van der Waals surface area (Å²) in [6.07, 6.45) is 6.08. The molecule has 7 nitrogen and oxygen atoms in total. The molecule has 1 aromatic carbocycles. The van der Waals surface area contributed by atoms with Crippen molar-refractivity contribution in [1.29, 1.82) is 0 Å². The molecule has 4 heterocycles. The van der Waals surface area contributed by atoms with E-state index in [9.17, 15) is 0 Å². The Morgan fingerprint density at radius 2 is 2.00 bits per heavy atom. The van der Waals surface area contributed by atoms with Crippen LogP contribution in [0.15, 0.2) is 30.7 Å². The van der Waals surface area contributed by atoms with Gasteiger partial charge < -0.3 is 15.2 Å². The van der Waals surface area contributed by atoms with Crippen LogP contribution in [0.4, 0.5) is 5.82 Å². The largest absolute Gasteiger partial charge is 0.495 e. The maximum atomic E-state index is 6.33. The Bertz CT molecular complexity index is 1240. The van der Waals surface area contributed by atoms with Crippen molar-refractivity contribution in [2.24, 2.45) is 0 Å². The van der Waals surface area contributed by atoms with Crippen molar-refractivity contribution in [3.63, 3.8) is 0 Å². The summed E-state index contributed by atoms with van der Waals surface area (Å²) in [7, 11) is 3.53. The quantitative estimate of drug-likeness (QED) is 0.506. The summed E-state index contributed by atoms with van der Waals surface area (Å²) in [4.78, 5) is 7.91. The number of anilines is 1. The summed E-state index contributed by atoms with van der Waals surface area (Å²) in [6.45, 7) is 4.97. The number of rotatable bonds is 5. The molecular formula is C23H27N5O2S. The molecule has 162 valence electrons. The predicted molar refractivity (Wildman–Crippen MR) is 125 cm³/mol. The summed E-state index contributed by atoms with van der Waals surface area (Å²) < 4.78 is 14.2. The highest BCUT2D eigenvalue weighted by molar-refractivity contribution is 7.22. The Morgan fingerprint density at radius 1 is 1.19 bits per heavy atom. The molecular weight excluding hydrogens is 410 g/mol. The molecule has 5 rings (SSSR count). The first-order valence-electron chi connectivity index (χ1n) is 10.5. The molecule has 1 saturated heterocycles. The van der Waals surface area contributed by atoms with E-state index in [1.807, 2.05) is 4.52 Å². The van der Waals surface area contributed by atoms with Gasteiger partial charge >= 0.3 is 0 Å². The minimum absolute atomic E-state index is 0.364. The third kappa shape index (κ3) is 3.64. The molecule has 0 atom stereocenters. The molecule has 0 radical (unpaired) electrons. The topological polar surface area (TPSA) is 77.9 Å². The van der Waals surface area contributed by atoms with Crippen molar-refractivity contribution in [3.05, 3.63) is 41.9 Å². The first-order valence-corrected chi connectivity index (χ1v) is 11.3. The number of nitrogens with zero attached hydrogens (tertiary/aromatic N) is 4. The van der Waals surface area contributed by atoms with Crippen molar-refractivity contribution in [1.82, 2.24) is 19.5 Å². The lowest BCUT2D eigenvalue weighted by atomic mass is 10.0. The van der Waals surface area contributed by atoms with Gasteiger partial charge in [-0.25, -0.2) is 9.50 Å². The van der Waals surface area contributed by atoms with Gasteiger partial charge in [-0.3, -0.25) is 4.90 Å². The molecule has 1 fully saturated rings. The second-order valence-electron chi connectivity index (χ2n) is 8.18. The van der Waals surface area contributed by atoms with Gasteiger partial charge in [0.25, 0.3) is 0 Å². The summed E-state index contributed by atoms with van der Waals surface area (Å²) >= 11 is 1.73. The molecule has 0 unspecified atom stereocenters. The Morgan fingerprint density at radius 3 is 2.74 bits per heavy atom. The highest BCUT2D eigenvalue weighted by Gasteiger charge is 2.24. The van der Waals surface area contributed by atoms with E-state index in [0.29, 0.717) is 11.9 Å². The molecule has 1 aliphatic rings. The number of aromatic nitrogens is 3. The molecule has 31 heavy (non-hydrogen) atoms. The first kappa shape index (κ1) is 20.2. The molecule has 1 aliphatic heterocycles. The number of methoxy groups -OCH3 is 2. The molecule has 4 aromatic rings. The maximum Gasteiger partial charge on any atom is 0.152 e. The van der Waals surface area contributed by atoms with Crippen LogP contribution in [-0.2, 0) is 11.3 Å². The third-order valence-electron chi connectivity index (χ3n) is 6.14. The molecule has 8 heteroatoms. The van der Waals surface area contributed by atoms with Gasteiger partial charge in [-0.15, -0.1) is 11.3 Å². The predicted octanol–water partition coefficient (Wildman–Crippen LogP) is 4.12. The number of piperidine rings is 1. The van der Waals surface area contributed by atoms with Gasteiger partial charge in [-0.05, 0) is 48.4 Å². The number of thiophene rings is 1. The fourth-order valence-electron chi connectivity index (χ4n) is 4.56. The van der Waals surface area contributed by atoms with Gasteiger partial charge in [-0.1, -0.05) is 6.07 Å². The van der Waals surface area contributed by atoms with Gasteiger partial charge in [0.15, 0.2) is 5.82 Å². The van der Waals surface area contributed by atoms with Crippen LogP contribution in [0.5, 0.6) is 5.75 Å². The fourth-order valence-corrected chi connectivity index (χ4v) is 5.78. The lowest BCUT2D eigenvalue weighted by molar-refractivity contribution is 0.0389. The van der Waals surface area contributed by atoms with Gasteiger partial charge in [-0.2, -0.15) is 5.10 Å². The molecule has 0 bridgehead atoms. The van der Waals surface area contributed by atoms with E-state index in [2.05, 4.69) is 46.3 Å². The SMILES string of the molecule is COc1cc(C)cc2cc(-c3c(CN4CCC(OC)CC4)cn4ncnc(N)c34)sc12. The van der Waals surface area contributed by atoms with Gasteiger partial charge in [0, 0.05) is 43.4 Å². The number of benzene rings is 1. The zero-order valence-corrected chi connectivity index (χ0v) is 18.9. The Labute approximate surface area is 185 Å². The van der Waals surface area contributed by atoms with E-state index < -0.39 is 0 Å². The number of likely N-dealkylation sites (tertiary alicyclic amines) is 1. The average Bonchev–Trinajstić information content (AvgIpc) is 3.35. The van der Waals surface area contributed by atoms with Crippen LogP contribution in [0.1, 0.15) is 24.0 Å². The number of hydrogen-bond donors (Lipinski definition) is 1. The Hall–Kier alpha value is -2.68. The van der Waals surface area contributed by atoms with Crippen LogP contribution in [0.3, 0.4) is 0 Å². The van der Waals surface area contributed by atoms with E-state index in [1.165, 1.54) is 22.8 Å². The van der Waals surface area contributed by atoms with Gasteiger partial charge in [0.2, 0.25) is 0 Å². The normalized spacial score (nSPS) is 15.8. The number of ether oxygens (including phenoxy) is 2. The number of fused-ring (bicyclic) bond motifs is 2. The van der Waals surface area contributed by atoms with Crippen LogP contribution in [0.25, 0.3) is 26.0 Å². The number of nitrogen functional groups attached to an aromatic ring is 1. The van der Waals surface area contributed by atoms with Crippen molar-refractivity contribution in [2.45, 2.75) is 32.4 Å². The molecule has 0 aliphatic carbocycles. The van der Waals surface area contributed by atoms with Crippen molar-refractivity contribution in [2.75, 3.05) is 33.0 Å². The maximum absolute atomic E-state index is 6.33. The van der Waals surface area contributed by atoms with Crippen molar-refractivity contribution in [3.8, 4) is 16.2 Å². The molecule has 3 aromatic heterocycles. The summed E-state index contributed by atoms with van der Waals surface area (Å²) in [5.41, 5.74) is 10.7. The minimum Gasteiger partial charge on any atom is -0.495 e. The number of hydrogen-bond acceptors (Lipinski definition) is 7. The van der Waals surface area contributed by atoms with E-state index in [4.69, 9.17) is 15.2 Å². The zero-order chi connectivity index (χ0) is 21.5. The third-order valence-corrected chi connectivity index (χ3v) is 7.32. The summed E-state index contributed by atoms with van der Waals surface area (Å²) in [6, 6.07) is 6.52. The Balaban J connectivity index is 1.62. The van der Waals surface area contributed by atoms with E-state index in [-0.39, 0.29) is 0 Å². The van der Waals surface area contributed by atoms with Gasteiger partial charge in [0.05, 0.1) is 17.9 Å². The fraction of sp³-hybridized carbons (Fsp3) is 0.391. The van der Waals surface area contributed by atoms with Crippen LogP contribution in [0.2, 0.25) is 0 Å². The molecule has 0 spiro atoms. The molecule has 2 N–H and O–H groups in total. The first-order chi connectivity index (χ1) is 15.1. The second-order valence-corrected chi connectivity index (χ2v) is 9.23. The van der Waals surface area contributed by atoms with Crippen LogP contribution >= 0.6 is 11.3 Å². The number of aryl methyl sites for hydroxylation is 1. The monoisotopic (exact) mass is 437 g/mol. The van der Waals surface area contributed by atoms with Gasteiger partial charge in [0.1, 0.15) is 17.6 Å². The minimum atomic E-state index is 0.364. The summed E-state index contributed by atoms with van der Waals surface area (Å²) in [5.74, 6) is 1.40. The zero-order valence-electron chi connectivity index (χ0n) is 18.1. The highest BCUT2D eigenvalue weighted by Crippen LogP contribution is 2.43. The van der Waals surface area contributed by atoms with E-state index >= 15 is 0 Å². The van der Waals surface area contributed by atoms with Crippen molar-refractivity contribution < 1.29 is 9.47 Å². The van der Waals surface area contributed by atoms with Crippen LogP contribution < -0.4 is 10.5 Å². The van der Waals surface area contributed by atoms with E-state index in [0.717, 1.165) is 58.9 Å². The Kier molecular flexibility index (Phi) is 5.29. The number of nitrogens with two attached hydrogens (primary N) is 1. The average molecular weight is 438 g/mol. The lowest BCUT2D eigenvalue weighted by Crippen LogP contribution is -2.36. The smallest absolute Gasteiger partial charge is 0.152 e. The standard InChI is InChI=1S/C23H27N5O2S/c1-14-8-15-10-19(31-22(15)18(9-14)30-3)20-16(11-27-6-4-17(29-2)5-7-27)12-28-21(20)23(24)25-13-26-28/h8-10,12-13,17H,4-7,11H2,1-3H3,(H2,24,25,26). The highest BCUT2D eigenvalue weighted by atomic mass is 32.1. The second kappa shape index (κ2) is 8.11. The van der Waals surface area contributed by atoms with Crippen molar-refractivity contribution >= 4 is 32.8 Å². The van der Waals surface area contributed by atoms with Crippen LogP contribution in [-0.4, -0.2) is 52.9 Å². The molecule has 0 amide bonds.